The van der Waals surface area contributed by atoms with Crippen molar-refractivity contribution in [2.75, 3.05) is 7.11 Å². The van der Waals surface area contributed by atoms with Gasteiger partial charge in [0, 0.05) is 36.1 Å². The Labute approximate surface area is 142 Å². The quantitative estimate of drug-likeness (QED) is 0.746. The summed E-state index contributed by atoms with van der Waals surface area (Å²) in [6, 6.07) is 16.9. The zero-order valence-corrected chi connectivity index (χ0v) is 13.9. The maximum atomic E-state index is 5.47. The molecule has 3 rings (SSSR count). The summed E-state index contributed by atoms with van der Waals surface area (Å²) < 4.78 is 5.47. The molecule has 0 bridgehead atoms. The predicted octanol–water partition coefficient (Wildman–Crippen LogP) is 4.00. The minimum absolute atomic E-state index is 0.289. The van der Waals surface area contributed by atoms with E-state index < -0.39 is 0 Å². The first kappa shape index (κ1) is 16.1. The van der Waals surface area contributed by atoms with Gasteiger partial charge in [-0.05, 0) is 30.2 Å². The van der Waals surface area contributed by atoms with Gasteiger partial charge in [-0.3, -0.25) is 0 Å². The molecule has 1 unspecified atom stereocenters. The molecule has 3 aromatic rings. The van der Waals surface area contributed by atoms with Crippen LogP contribution in [-0.4, -0.2) is 17.1 Å². The third-order valence-electron chi connectivity index (χ3n) is 4.05. The second-order valence-corrected chi connectivity index (χ2v) is 5.68. The zero-order chi connectivity index (χ0) is 16.8. The molecular weight excluding hydrogens is 298 g/mol. The molecule has 2 aromatic carbocycles. The van der Waals surface area contributed by atoms with Gasteiger partial charge in [-0.1, -0.05) is 36.4 Å². The molecular formula is C20H21N3O. The van der Waals surface area contributed by atoms with Gasteiger partial charge in [-0.2, -0.15) is 0 Å². The highest BCUT2D eigenvalue weighted by Crippen LogP contribution is 2.30. The van der Waals surface area contributed by atoms with Crippen LogP contribution in [0.3, 0.4) is 0 Å². The fourth-order valence-electron chi connectivity index (χ4n) is 2.66. The minimum atomic E-state index is 0.289. The highest BCUT2D eigenvalue weighted by atomic mass is 16.5. The summed E-state index contributed by atoms with van der Waals surface area (Å²) in [7, 11) is 1.68. The number of nitrogens with one attached hydrogen (secondary N) is 1. The molecule has 1 heterocycles. The van der Waals surface area contributed by atoms with Crippen LogP contribution in [0.4, 0.5) is 0 Å². The van der Waals surface area contributed by atoms with Crippen LogP contribution in [0.2, 0.25) is 0 Å². The normalized spacial score (nSPS) is 11.9. The Balaban J connectivity index is 1.77. The van der Waals surface area contributed by atoms with Crippen molar-refractivity contribution < 1.29 is 4.74 Å². The maximum absolute atomic E-state index is 5.47. The number of nitrogens with zero attached hydrogens (tertiary/aromatic N) is 2. The topological polar surface area (TPSA) is 47.0 Å². The van der Waals surface area contributed by atoms with E-state index in [1.807, 2.05) is 12.1 Å². The van der Waals surface area contributed by atoms with Crippen LogP contribution in [0.1, 0.15) is 24.1 Å². The fraction of sp³-hybridized carbons (Fsp3) is 0.200. The molecule has 0 radical (unpaired) electrons. The minimum Gasteiger partial charge on any atom is -0.496 e. The summed E-state index contributed by atoms with van der Waals surface area (Å²) in [6.45, 7) is 2.95. The van der Waals surface area contributed by atoms with Crippen LogP contribution in [0.5, 0.6) is 5.75 Å². The predicted molar refractivity (Wildman–Crippen MR) is 95.7 cm³/mol. The zero-order valence-electron chi connectivity index (χ0n) is 13.9. The molecule has 122 valence electrons. The average Bonchev–Trinajstić information content (AvgIpc) is 2.67. The molecule has 24 heavy (non-hydrogen) atoms. The van der Waals surface area contributed by atoms with Gasteiger partial charge in [0.05, 0.1) is 7.11 Å². The monoisotopic (exact) mass is 319 g/mol. The van der Waals surface area contributed by atoms with Gasteiger partial charge in [0.25, 0.3) is 0 Å². The van der Waals surface area contributed by atoms with Crippen LogP contribution in [0.15, 0.2) is 67.3 Å². The molecule has 0 saturated carbocycles. The molecule has 0 amide bonds. The van der Waals surface area contributed by atoms with Crippen molar-refractivity contribution in [1.29, 1.82) is 0 Å². The lowest BCUT2D eigenvalue weighted by atomic mass is 10.0. The molecule has 0 aliphatic carbocycles. The van der Waals surface area contributed by atoms with Crippen molar-refractivity contribution in [2.45, 2.75) is 19.5 Å². The van der Waals surface area contributed by atoms with Crippen LogP contribution in [0, 0.1) is 0 Å². The standard InChI is InChI=1S/C20H21N3O/c1-15(17-6-4-3-5-7-17)23-11-16-8-9-20(24-2)19(10-16)18-12-21-14-22-13-18/h3-10,12-15,23H,11H2,1-2H3. The summed E-state index contributed by atoms with van der Waals surface area (Å²) in [6.07, 6.45) is 5.13. The first-order valence-electron chi connectivity index (χ1n) is 7.98. The van der Waals surface area contributed by atoms with Gasteiger partial charge in [0.1, 0.15) is 12.1 Å². The molecule has 1 atom stereocenters. The molecule has 0 aliphatic rings. The van der Waals surface area contributed by atoms with Crippen LogP contribution in [-0.2, 0) is 6.54 Å². The Kier molecular flexibility index (Phi) is 5.18. The molecule has 4 nitrogen and oxygen atoms in total. The Morgan fingerprint density at radius 2 is 1.79 bits per heavy atom. The largest absolute Gasteiger partial charge is 0.496 e. The van der Waals surface area contributed by atoms with Gasteiger partial charge >= 0.3 is 0 Å². The second kappa shape index (κ2) is 7.70. The highest BCUT2D eigenvalue weighted by Gasteiger charge is 2.09. The van der Waals surface area contributed by atoms with E-state index >= 15 is 0 Å². The lowest BCUT2D eigenvalue weighted by Crippen LogP contribution is -2.18. The van der Waals surface area contributed by atoms with Gasteiger partial charge in [-0.25, -0.2) is 9.97 Å². The molecule has 1 aromatic heterocycles. The molecule has 0 fully saturated rings. The van der Waals surface area contributed by atoms with E-state index in [9.17, 15) is 0 Å². The van der Waals surface area contributed by atoms with Crippen molar-refractivity contribution >= 4 is 0 Å². The lowest BCUT2D eigenvalue weighted by Gasteiger charge is -2.15. The van der Waals surface area contributed by atoms with Gasteiger partial charge < -0.3 is 10.1 Å². The van der Waals surface area contributed by atoms with Crippen molar-refractivity contribution in [3.05, 3.63) is 78.4 Å². The number of benzene rings is 2. The van der Waals surface area contributed by atoms with Gasteiger partial charge in [0.15, 0.2) is 0 Å². The van der Waals surface area contributed by atoms with E-state index in [2.05, 4.69) is 58.6 Å². The molecule has 0 aliphatic heterocycles. The number of ether oxygens (including phenoxy) is 1. The molecule has 0 spiro atoms. The van der Waals surface area contributed by atoms with Crippen LogP contribution in [0.25, 0.3) is 11.1 Å². The van der Waals surface area contributed by atoms with Crippen molar-refractivity contribution in [1.82, 2.24) is 15.3 Å². The molecule has 0 saturated heterocycles. The summed E-state index contributed by atoms with van der Waals surface area (Å²) in [5, 5.41) is 3.56. The first-order valence-corrected chi connectivity index (χ1v) is 7.98. The number of hydrogen-bond donors (Lipinski definition) is 1. The summed E-state index contributed by atoms with van der Waals surface area (Å²) in [5.41, 5.74) is 4.43. The van der Waals surface area contributed by atoms with E-state index in [-0.39, 0.29) is 6.04 Å². The van der Waals surface area contributed by atoms with E-state index in [4.69, 9.17) is 4.74 Å². The van der Waals surface area contributed by atoms with Crippen LogP contribution < -0.4 is 10.1 Å². The first-order chi connectivity index (χ1) is 11.8. The Bertz CT molecular complexity index is 775. The Morgan fingerprint density at radius 1 is 1.04 bits per heavy atom. The SMILES string of the molecule is COc1ccc(CNC(C)c2ccccc2)cc1-c1cncnc1. The summed E-state index contributed by atoms with van der Waals surface area (Å²) >= 11 is 0. The third-order valence-corrected chi connectivity index (χ3v) is 4.05. The number of rotatable bonds is 6. The van der Waals surface area contributed by atoms with Crippen molar-refractivity contribution in [3.8, 4) is 16.9 Å². The Hall–Kier alpha value is -2.72. The average molecular weight is 319 g/mol. The maximum Gasteiger partial charge on any atom is 0.126 e. The summed E-state index contributed by atoms with van der Waals surface area (Å²) in [5.74, 6) is 0.824. The number of hydrogen-bond acceptors (Lipinski definition) is 4. The molecule has 4 heteroatoms. The Morgan fingerprint density at radius 3 is 2.50 bits per heavy atom. The number of methoxy groups -OCH3 is 1. The van der Waals surface area contributed by atoms with Crippen LogP contribution >= 0.6 is 0 Å². The second-order valence-electron chi connectivity index (χ2n) is 5.68. The lowest BCUT2D eigenvalue weighted by molar-refractivity contribution is 0.416. The van der Waals surface area contributed by atoms with Gasteiger partial charge in [0.2, 0.25) is 0 Å². The summed E-state index contributed by atoms with van der Waals surface area (Å²) in [4.78, 5) is 8.20. The van der Waals surface area contributed by atoms with Crippen molar-refractivity contribution in [2.24, 2.45) is 0 Å². The highest BCUT2D eigenvalue weighted by molar-refractivity contribution is 5.69. The van der Waals surface area contributed by atoms with Gasteiger partial charge in [-0.15, -0.1) is 0 Å². The van der Waals surface area contributed by atoms with E-state index in [1.54, 1.807) is 19.5 Å². The van der Waals surface area contributed by atoms with E-state index in [1.165, 1.54) is 17.5 Å². The number of aromatic nitrogens is 2. The molecule has 1 N–H and O–H groups in total. The smallest absolute Gasteiger partial charge is 0.126 e. The van der Waals surface area contributed by atoms with E-state index in [0.29, 0.717) is 0 Å². The fourth-order valence-corrected chi connectivity index (χ4v) is 2.66. The third kappa shape index (κ3) is 3.78. The van der Waals surface area contributed by atoms with Crippen molar-refractivity contribution in [3.63, 3.8) is 0 Å². The van der Waals surface area contributed by atoms with E-state index in [0.717, 1.165) is 23.4 Å².